The molecule has 1 aliphatic carbocycles. The molecular formula is C19H33N3O3. The first kappa shape index (κ1) is 19.6. The number of carbonyl (C=O) groups is 2. The number of hydrogen-bond donors (Lipinski definition) is 2. The molecule has 6 heteroatoms. The molecule has 2 aliphatic rings. The summed E-state index contributed by atoms with van der Waals surface area (Å²) >= 11 is 0. The molecule has 0 aromatic carbocycles. The topological polar surface area (TPSA) is 70.7 Å². The van der Waals surface area contributed by atoms with Gasteiger partial charge in [0, 0.05) is 25.3 Å². The molecule has 6 nitrogen and oxygen atoms in total. The monoisotopic (exact) mass is 351 g/mol. The van der Waals surface area contributed by atoms with Crippen molar-refractivity contribution < 1.29 is 14.3 Å². The third-order valence-electron chi connectivity index (χ3n) is 4.71. The van der Waals surface area contributed by atoms with Gasteiger partial charge in [-0.15, -0.1) is 0 Å². The fourth-order valence-electron chi connectivity index (χ4n) is 3.35. The Balaban J connectivity index is 1.64. The van der Waals surface area contributed by atoms with Crippen LogP contribution in [0.4, 0.5) is 9.59 Å². The third kappa shape index (κ3) is 7.36. The van der Waals surface area contributed by atoms with E-state index in [2.05, 4.69) is 16.7 Å². The van der Waals surface area contributed by atoms with Crippen LogP contribution in [0, 0.1) is 5.92 Å². The lowest BCUT2D eigenvalue weighted by molar-refractivity contribution is 0.0201. The number of urea groups is 1. The molecule has 1 saturated carbocycles. The molecule has 0 atom stereocenters. The van der Waals surface area contributed by atoms with E-state index < -0.39 is 5.60 Å². The fourth-order valence-corrected chi connectivity index (χ4v) is 3.35. The molecule has 0 bridgehead atoms. The van der Waals surface area contributed by atoms with Gasteiger partial charge in [-0.2, -0.15) is 0 Å². The van der Waals surface area contributed by atoms with Crippen molar-refractivity contribution in [1.29, 1.82) is 0 Å². The van der Waals surface area contributed by atoms with Gasteiger partial charge in [0.15, 0.2) is 0 Å². The maximum absolute atomic E-state index is 12.0. The van der Waals surface area contributed by atoms with Crippen molar-refractivity contribution in [3.8, 4) is 0 Å². The molecule has 0 aromatic heterocycles. The smallest absolute Gasteiger partial charge is 0.410 e. The van der Waals surface area contributed by atoms with E-state index in [0.29, 0.717) is 19.0 Å². The van der Waals surface area contributed by atoms with Gasteiger partial charge in [0.2, 0.25) is 0 Å². The van der Waals surface area contributed by atoms with E-state index in [9.17, 15) is 9.59 Å². The number of carbonyl (C=O) groups excluding carboxylic acids is 2. The summed E-state index contributed by atoms with van der Waals surface area (Å²) in [5.41, 5.74) is -0.475. The van der Waals surface area contributed by atoms with E-state index in [-0.39, 0.29) is 18.2 Å². The second-order valence-electron chi connectivity index (χ2n) is 8.12. The number of amides is 3. The summed E-state index contributed by atoms with van der Waals surface area (Å²) in [6.45, 7) is 6.81. The lowest BCUT2D eigenvalue weighted by Gasteiger charge is -2.33. The van der Waals surface area contributed by atoms with Crippen molar-refractivity contribution in [2.45, 2.75) is 77.4 Å². The molecule has 0 aromatic rings. The van der Waals surface area contributed by atoms with Crippen LogP contribution in [0.5, 0.6) is 0 Å². The molecule has 2 fully saturated rings. The van der Waals surface area contributed by atoms with Crippen molar-refractivity contribution >= 4 is 12.1 Å². The van der Waals surface area contributed by atoms with Gasteiger partial charge >= 0.3 is 12.1 Å². The SMILES string of the molecule is CC(C)(C)OC(=O)N1CCC(NC(=O)N/C=C/C2CCCCC2)CC1. The molecule has 1 aliphatic heterocycles. The number of rotatable bonds is 3. The van der Waals surface area contributed by atoms with Crippen LogP contribution in [0.3, 0.4) is 0 Å². The maximum atomic E-state index is 12.0. The zero-order valence-electron chi connectivity index (χ0n) is 15.8. The van der Waals surface area contributed by atoms with E-state index in [1.807, 2.05) is 20.8 Å². The predicted octanol–water partition coefficient (Wildman–Crippen LogP) is 3.78. The van der Waals surface area contributed by atoms with Crippen LogP contribution in [0.2, 0.25) is 0 Å². The van der Waals surface area contributed by atoms with Gasteiger partial charge in [-0.05, 0) is 52.4 Å². The van der Waals surface area contributed by atoms with Crippen LogP contribution in [0.15, 0.2) is 12.3 Å². The quantitative estimate of drug-likeness (QED) is 0.813. The summed E-state index contributed by atoms with van der Waals surface area (Å²) in [6.07, 6.45) is 11.5. The van der Waals surface area contributed by atoms with Crippen molar-refractivity contribution in [2.75, 3.05) is 13.1 Å². The number of nitrogens with one attached hydrogen (secondary N) is 2. The van der Waals surface area contributed by atoms with Gasteiger partial charge < -0.3 is 20.3 Å². The highest BCUT2D eigenvalue weighted by molar-refractivity contribution is 5.75. The zero-order chi connectivity index (χ0) is 18.3. The Labute approximate surface area is 151 Å². The minimum atomic E-state index is -0.475. The van der Waals surface area contributed by atoms with E-state index in [4.69, 9.17) is 4.74 Å². The van der Waals surface area contributed by atoms with E-state index in [1.165, 1.54) is 32.1 Å². The van der Waals surface area contributed by atoms with Crippen LogP contribution in [-0.2, 0) is 4.74 Å². The molecule has 0 spiro atoms. The standard InChI is InChI=1S/C19H33N3O3/c1-19(2,3)25-18(24)22-13-10-16(11-14-22)21-17(23)20-12-9-15-7-5-4-6-8-15/h9,12,15-16H,4-8,10-11,13-14H2,1-3H3,(H2,20,21,23)/b12-9+. The maximum Gasteiger partial charge on any atom is 0.410 e. The summed E-state index contributed by atoms with van der Waals surface area (Å²) < 4.78 is 5.38. The Bertz CT molecular complexity index is 471. The first-order valence-corrected chi connectivity index (χ1v) is 9.55. The normalized spacial score (nSPS) is 20.5. The van der Waals surface area contributed by atoms with Gasteiger partial charge in [-0.1, -0.05) is 25.3 Å². The van der Waals surface area contributed by atoms with Crippen LogP contribution in [0.25, 0.3) is 0 Å². The highest BCUT2D eigenvalue weighted by Gasteiger charge is 2.27. The Kier molecular flexibility index (Phi) is 7.14. The molecule has 1 heterocycles. The van der Waals surface area contributed by atoms with E-state index >= 15 is 0 Å². The van der Waals surface area contributed by atoms with Gasteiger partial charge in [0.1, 0.15) is 5.60 Å². The molecule has 142 valence electrons. The number of piperidine rings is 1. The van der Waals surface area contributed by atoms with Crippen LogP contribution in [0.1, 0.15) is 65.7 Å². The second-order valence-corrected chi connectivity index (χ2v) is 8.12. The van der Waals surface area contributed by atoms with Gasteiger partial charge in [-0.3, -0.25) is 0 Å². The largest absolute Gasteiger partial charge is 0.444 e. The lowest BCUT2D eigenvalue weighted by atomic mass is 9.89. The van der Waals surface area contributed by atoms with Gasteiger partial charge in [0.25, 0.3) is 0 Å². The second kappa shape index (κ2) is 9.11. The van der Waals surface area contributed by atoms with Gasteiger partial charge in [-0.25, -0.2) is 9.59 Å². The average Bonchev–Trinajstić information content (AvgIpc) is 2.55. The van der Waals surface area contributed by atoms with E-state index in [1.54, 1.807) is 11.1 Å². The van der Waals surface area contributed by atoms with Crippen LogP contribution < -0.4 is 10.6 Å². The fraction of sp³-hybridized carbons (Fsp3) is 0.789. The lowest BCUT2D eigenvalue weighted by Crippen LogP contribution is -2.49. The number of ether oxygens (including phenoxy) is 1. The highest BCUT2D eigenvalue weighted by Crippen LogP contribution is 2.24. The van der Waals surface area contributed by atoms with Crippen molar-refractivity contribution in [3.05, 3.63) is 12.3 Å². The number of hydrogen-bond acceptors (Lipinski definition) is 3. The average molecular weight is 351 g/mol. The number of likely N-dealkylation sites (tertiary alicyclic amines) is 1. The molecule has 0 radical (unpaired) electrons. The predicted molar refractivity (Wildman–Crippen MR) is 98.2 cm³/mol. The summed E-state index contributed by atoms with van der Waals surface area (Å²) in [5.74, 6) is 0.603. The minimum Gasteiger partial charge on any atom is -0.444 e. The van der Waals surface area contributed by atoms with E-state index in [0.717, 1.165) is 12.8 Å². The summed E-state index contributed by atoms with van der Waals surface area (Å²) in [7, 11) is 0. The summed E-state index contributed by atoms with van der Waals surface area (Å²) in [5, 5.41) is 5.79. The number of nitrogens with zero attached hydrogens (tertiary/aromatic N) is 1. The van der Waals surface area contributed by atoms with Crippen LogP contribution >= 0.6 is 0 Å². The third-order valence-corrected chi connectivity index (χ3v) is 4.71. The Morgan fingerprint density at radius 2 is 1.68 bits per heavy atom. The molecule has 25 heavy (non-hydrogen) atoms. The Hall–Kier alpha value is -1.72. The number of allylic oxidation sites excluding steroid dienone is 1. The molecule has 3 amide bonds. The summed E-state index contributed by atoms with van der Waals surface area (Å²) in [4.78, 5) is 25.7. The first-order valence-electron chi connectivity index (χ1n) is 9.55. The van der Waals surface area contributed by atoms with Crippen molar-refractivity contribution in [2.24, 2.45) is 5.92 Å². The molecule has 2 N–H and O–H groups in total. The first-order chi connectivity index (χ1) is 11.8. The van der Waals surface area contributed by atoms with Crippen molar-refractivity contribution in [1.82, 2.24) is 15.5 Å². The van der Waals surface area contributed by atoms with Crippen molar-refractivity contribution in [3.63, 3.8) is 0 Å². The Morgan fingerprint density at radius 3 is 2.28 bits per heavy atom. The molecule has 0 unspecified atom stereocenters. The molecule has 2 rings (SSSR count). The van der Waals surface area contributed by atoms with Gasteiger partial charge in [0.05, 0.1) is 0 Å². The molecular weight excluding hydrogens is 318 g/mol. The van der Waals surface area contributed by atoms with Crippen LogP contribution in [-0.4, -0.2) is 41.8 Å². The Morgan fingerprint density at radius 1 is 1.04 bits per heavy atom. The minimum absolute atomic E-state index is 0.0989. The zero-order valence-corrected chi connectivity index (χ0v) is 15.8. The molecule has 1 saturated heterocycles. The highest BCUT2D eigenvalue weighted by atomic mass is 16.6. The summed E-state index contributed by atoms with van der Waals surface area (Å²) in [6, 6.07) is -0.0652.